The molecule has 0 radical (unpaired) electrons. The first-order valence-corrected chi connectivity index (χ1v) is 8.73. The molecule has 134 valence electrons. The Kier molecular flexibility index (Phi) is 5.62. The number of aliphatic hydroxyl groups excluding tert-OH is 1. The lowest BCUT2D eigenvalue weighted by molar-refractivity contribution is -0.113. The second-order valence-electron chi connectivity index (χ2n) is 6.32. The molecule has 27 heavy (non-hydrogen) atoms. The third-order valence-electron chi connectivity index (χ3n) is 4.39. The molecule has 3 rings (SSSR count). The Morgan fingerprint density at radius 1 is 0.704 bits per heavy atom. The van der Waals surface area contributed by atoms with E-state index in [9.17, 15) is 14.7 Å². The Hall–Kier alpha value is -3.46. The van der Waals surface area contributed by atoms with E-state index < -0.39 is 0 Å². The van der Waals surface area contributed by atoms with Crippen LogP contribution in [0.5, 0.6) is 0 Å². The van der Waals surface area contributed by atoms with Gasteiger partial charge in [0.05, 0.1) is 0 Å². The van der Waals surface area contributed by atoms with E-state index in [1.54, 1.807) is 36.4 Å². The highest BCUT2D eigenvalue weighted by Gasteiger charge is 2.14. The summed E-state index contributed by atoms with van der Waals surface area (Å²) in [7, 11) is 0. The van der Waals surface area contributed by atoms with Crippen LogP contribution in [0.4, 0.5) is 0 Å². The summed E-state index contributed by atoms with van der Waals surface area (Å²) in [5.74, 6) is -0.232. The molecule has 0 spiro atoms. The van der Waals surface area contributed by atoms with Gasteiger partial charge < -0.3 is 5.11 Å². The number of aliphatic hydroxyl groups is 1. The molecule has 1 N–H and O–H groups in total. The highest BCUT2D eigenvalue weighted by Crippen LogP contribution is 2.21. The van der Waals surface area contributed by atoms with Gasteiger partial charge in [0.1, 0.15) is 5.76 Å². The number of benzene rings is 3. The van der Waals surface area contributed by atoms with Crippen molar-refractivity contribution in [3.8, 4) is 0 Å². The van der Waals surface area contributed by atoms with Crippen molar-refractivity contribution in [1.29, 1.82) is 0 Å². The van der Waals surface area contributed by atoms with Crippen molar-refractivity contribution in [3.63, 3.8) is 0 Å². The predicted octanol–water partition coefficient (Wildman–Crippen LogP) is 5.02. The molecule has 0 atom stereocenters. The zero-order valence-corrected chi connectivity index (χ0v) is 15.1. The fraction of sp³-hybridized carbons (Fsp3) is 0.0833. The molecule has 0 saturated carbocycles. The third kappa shape index (κ3) is 4.39. The molecule has 0 heterocycles. The van der Waals surface area contributed by atoms with Crippen LogP contribution in [0.15, 0.2) is 90.5 Å². The maximum absolute atomic E-state index is 12.5. The van der Waals surface area contributed by atoms with Crippen molar-refractivity contribution in [2.45, 2.75) is 13.3 Å². The number of hydrogen-bond acceptors (Lipinski definition) is 3. The fourth-order valence-electron chi connectivity index (χ4n) is 2.88. The van der Waals surface area contributed by atoms with Gasteiger partial charge in [0.15, 0.2) is 11.6 Å². The van der Waals surface area contributed by atoms with Crippen LogP contribution in [0.25, 0.3) is 5.76 Å². The molecule has 0 unspecified atom stereocenters. The maximum Gasteiger partial charge on any atom is 0.193 e. The Morgan fingerprint density at radius 2 is 1.19 bits per heavy atom. The lowest BCUT2D eigenvalue weighted by Gasteiger charge is -2.09. The number of ketones is 2. The zero-order valence-electron chi connectivity index (χ0n) is 15.1. The molecule has 0 aliphatic carbocycles. The van der Waals surface area contributed by atoms with Crippen molar-refractivity contribution in [2.24, 2.45) is 0 Å². The maximum atomic E-state index is 12.5. The molecule has 0 aliphatic heterocycles. The zero-order chi connectivity index (χ0) is 19.2. The van der Waals surface area contributed by atoms with E-state index in [1.165, 1.54) is 6.92 Å². The van der Waals surface area contributed by atoms with Crippen LogP contribution in [-0.2, 0) is 11.2 Å². The Labute approximate surface area is 158 Å². The van der Waals surface area contributed by atoms with Crippen molar-refractivity contribution < 1.29 is 14.7 Å². The second kappa shape index (κ2) is 8.28. The van der Waals surface area contributed by atoms with E-state index in [2.05, 4.69) is 0 Å². The minimum absolute atomic E-state index is 0.00691. The summed E-state index contributed by atoms with van der Waals surface area (Å²) >= 11 is 0. The molecular weight excluding hydrogens is 336 g/mol. The van der Waals surface area contributed by atoms with Crippen LogP contribution >= 0.6 is 0 Å². The molecule has 0 aromatic heterocycles. The number of carbonyl (C=O) groups is 2. The van der Waals surface area contributed by atoms with Crippen molar-refractivity contribution in [2.75, 3.05) is 0 Å². The summed E-state index contributed by atoms with van der Waals surface area (Å²) in [6.45, 7) is 1.45. The Morgan fingerprint density at radius 3 is 1.70 bits per heavy atom. The minimum atomic E-state index is -0.180. The fourth-order valence-corrected chi connectivity index (χ4v) is 2.88. The van der Waals surface area contributed by atoms with Gasteiger partial charge in [-0.15, -0.1) is 0 Å². The van der Waals surface area contributed by atoms with Gasteiger partial charge in [-0.05, 0) is 12.5 Å². The van der Waals surface area contributed by atoms with Crippen molar-refractivity contribution >= 4 is 17.3 Å². The molecule has 0 saturated heterocycles. The molecule has 3 aromatic rings. The van der Waals surface area contributed by atoms with Crippen LogP contribution in [-0.4, -0.2) is 16.7 Å². The van der Waals surface area contributed by atoms with Gasteiger partial charge in [0.2, 0.25) is 0 Å². The molecule has 0 bridgehead atoms. The molecule has 0 amide bonds. The predicted molar refractivity (Wildman–Crippen MR) is 107 cm³/mol. The Balaban J connectivity index is 1.84. The first-order valence-electron chi connectivity index (χ1n) is 8.73. The summed E-state index contributed by atoms with van der Waals surface area (Å²) in [5, 5.41) is 10.5. The molecule has 3 heteroatoms. The van der Waals surface area contributed by atoms with Gasteiger partial charge >= 0.3 is 0 Å². The lowest BCUT2D eigenvalue weighted by Crippen LogP contribution is -2.06. The number of rotatable bonds is 6. The molecule has 3 nitrogen and oxygen atoms in total. The molecule has 0 aliphatic rings. The van der Waals surface area contributed by atoms with Crippen molar-refractivity contribution in [3.05, 3.63) is 113 Å². The number of carbonyl (C=O) groups excluding carboxylic acids is 2. The first kappa shape index (κ1) is 18.3. The van der Waals surface area contributed by atoms with Crippen LogP contribution in [0.3, 0.4) is 0 Å². The monoisotopic (exact) mass is 356 g/mol. The summed E-state index contributed by atoms with van der Waals surface area (Å²) in [5.41, 5.74) is 3.04. The van der Waals surface area contributed by atoms with Gasteiger partial charge in [0, 0.05) is 28.7 Å². The number of hydrogen-bond donors (Lipinski definition) is 1. The average molecular weight is 356 g/mol. The summed E-state index contributed by atoms with van der Waals surface area (Å²) in [6, 6.07) is 25.2. The smallest absolute Gasteiger partial charge is 0.193 e. The van der Waals surface area contributed by atoms with Crippen LogP contribution in [0.1, 0.15) is 34.0 Å². The van der Waals surface area contributed by atoms with Gasteiger partial charge in [-0.2, -0.15) is 0 Å². The van der Waals surface area contributed by atoms with Crippen molar-refractivity contribution in [1.82, 2.24) is 0 Å². The quantitative estimate of drug-likeness (QED) is 0.383. The summed E-state index contributed by atoms with van der Waals surface area (Å²) in [6.07, 6.45) is 0.301. The highest BCUT2D eigenvalue weighted by molar-refractivity contribution is 6.09. The van der Waals surface area contributed by atoms with E-state index in [4.69, 9.17) is 0 Å². The van der Waals surface area contributed by atoms with E-state index >= 15 is 0 Å². The van der Waals surface area contributed by atoms with Gasteiger partial charge in [-0.25, -0.2) is 0 Å². The van der Waals surface area contributed by atoms with Crippen LogP contribution < -0.4 is 0 Å². The van der Waals surface area contributed by atoms with E-state index in [-0.39, 0.29) is 17.3 Å². The largest absolute Gasteiger partial charge is 0.507 e. The molecule has 3 aromatic carbocycles. The van der Waals surface area contributed by atoms with Crippen LogP contribution in [0.2, 0.25) is 0 Å². The Bertz CT molecular complexity index is 969. The standard InChI is InChI=1S/C24H20O3/c1-17(25)22(24(27)20-10-6-3-7-11-20)16-18-12-14-21(15-13-18)23(26)19-8-4-2-5-9-19/h2-15,27H,16H2,1H3/b24-22-. The summed E-state index contributed by atoms with van der Waals surface area (Å²) < 4.78 is 0. The van der Waals surface area contributed by atoms with Gasteiger partial charge in [-0.1, -0.05) is 84.9 Å². The molecule has 0 fully saturated rings. The SMILES string of the molecule is CC(=O)/C(Cc1ccc(C(=O)c2ccccc2)cc1)=C(\O)c1ccccc1. The minimum Gasteiger partial charge on any atom is -0.507 e. The first-order chi connectivity index (χ1) is 13.1. The normalized spacial score (nSPS) is 11.6. The molecular formula is C24H20O3. The van der Waals surface area contributed by atoms with Crippen LogP contribution in [0, 0.1) is 0 Å². The van der Waals surface area contributed by atoms with E-state index in [0.717, 1.165) is 5.56 Å². The highest BCUT2D eigenvalue weighted by atomic mass is 16.3. The third-order valence-corrected chi connectivity index (χ3v) is 4.39. The van der Waals surface area contributed by atoms with Gasteiger partial charge in [0.25, 0.3) is 0 Å². The van der Waals surface area contributed by atoms with Gasteiger partial charge in [-0.3, -0.25) is 9.59 Å². The van der Waals surface area contributed by atoms with E-state index in [1.807, 2.05) is 48.5 Å². The van der Waals surface area contributed by atoms with E-state index in [0.29, 0.717) is 28.7 Å². The number of Topliss-reactive ketones (excluding diaryl/α,β-unsaturated/α-hetero) is 1. The topological polar surface area (TPSA) is 54.4 Å². The second-order valence-corrected chi connectivity index (χ2v) is 6.32. The average Bonchev–Trinajstić information content (AvgIpc) is 2.72. The summed E-state index contributed by atoms with van der Waals surface area (Å²) in [4.78, 5) is 24.5. The number of allylic oxidation sites excluding steroid dienone is 1. The lowest BCUT2D eigenvalue weighted by atomic mass is 9.96.